The first-order chi connectivity index (χ1) is 7.77. The quantitative estimate of drug-likeness (QED) is 0.692. The fraction of sp³-hybridized carbons (Fsp3) is 0.455. The van der Waals surface area contributed by atoms with Crippen molar-refractivity contribution < 1.29 is 9.90 Å². The Balaban J connectivity index is 1.99. The summed E-state index contributed by atoms with van der Waals surface area (Å²) in [5, 5.41) is 15.2. The van der Waals surface area contributed by atoms with Gasteiger partial charge in [0, 0.05) is 6.20 Å². The van der Waals surface area contributed by atoms with E-state index < -0.39 is 0 Å². The van der Waals surface area contributed by atoms with Crippen molar-refractivity contribution in [2.75, 3.05) is 11.9 Å². The maximum Gasteiger partial charge on any atom is 0.242 e. The summed E-state index contributed by atoms with van der Waals surface area (Å²) < 4.78 is 0. The Morgan fingerprint density at radius 1 is 1.56 bits per heavy atom. The molecule has 0 saturated carbocycles. The summed E-state index contributed by atoms with van der Waals surface area (Å²) >= 11 is 0. The third-order valence-electron chi connectivity index (χ3n) is 2.65. The summed E-state index contributed by atoms with van der Waals surface area (Å²) in [6, 6.07) is 2.94. The van der Waals surface area contributed by atoms with Crippen LogP contribution in [0.3, 0.4) is 0 Å². The van der Waals surface area contributed by atoms with E-state index in [2.05, 4.69) is 15.6 Å². The van der Waals surface area contributed by atoms with Crippen LogP contribution in [0.4, 0.5) is 5.82 Å². The van der Waals surface area contributed by atoms with Crippen LogP contribution in [0, 0.1) is 0 Å². The molecule has 3 N–H and O–H groups in total. The Morgan fingerprint density at radius 3 is 3.12 bits per heavy atom. The number of carbonyl (C=O) groups excluding carboxylic acids is 1. The maximum absolute atomic E-state index is 11.8. The Morgan fingerprint density at radius 2 is 2.44 bits per heavy atom. The number of nitrogens with zero attached hydrogens (tertiary/aromatic N) is 1. The van der Waals surface area contributed by atoms with Crippen LogP contribution in [-0.4, -0.2) is 28.6 Å². The van der Waals surface area contributed by atoms with Crippen molar-refractivity contribution in [3.8, 4) is 5.75 Å². The molecule has 0 aliphatic carbocycles. The van der Waals surface area contributed by atoms with Crippen LogP contribution in [-0.2, 0) is 4.79 Å². The lowest BCUT2D eigenvalue weighted by atomic mass is 10.0. The second-order valence-electron chi connectivity index (χ2n) is 3.86. The average Bonchev–Trinajstić information content (AvgIpc) is 2.33. The smallest absolute Gasteiger partial charge is 0.242 e. The fourth-order valence-corrected chi connectivity index (χ4v) is 1.77. The van der Waals surface area contributed by atoms with Gasteiger partial charge in [0.1, 0.15) is 0 Å². The Bertz CT molecular complexity index is 375. The van der Waals surface area contributed by atoms with E-state index in [1.807, 2.05) is 0 Å². The lowest BCUT2D eigenvalue weighted by Gasteiger charge is -2.22. The van der Waals surface area contributed by atoms with Crippen LogP contribution in [0.2, 0.25) is 0 Å². The van der Waals surface area contributed by atoms with Gasteiger partial charge in [-0.2, -0.15) is 0 Å². The Kier molecular flexibility index (Phi) is 3.36. The van der Waals surface area contributed by atoms with Gasteiger partial charge in [-0.1, -0.05) is 6.42 Å². The minimum atomic E-state index is -0.171. The molecule has 1 unspecified atom stereocenters. The summed E-state index contributed by atoms with van der Waals surface area (Å²) in [6.07, 6.45) is 4.53. The SMILES string of the molecule is O=C(Nc1ncccc1O)C1CCCCN1. The highest BCUT2D eigenvalue weighted by atomic mass is 16.3. The second-order valence-corrected chi connectivity index (χ2v) is 3.86. The van der Waals surface area contributed by atoms with Gasteiger partial charge in [-0.25, -0.2) is 4.98 Å². The third-order valence-corrected chi connectivity index (χ3v) is 2.65. The van der Waals surface area contributed by atoms with Crippen molar-refractivity contribution in [3.05, 3.63) is 18.3 Å². The number of rotatable bonds is 2. The number of aromatic nitrogens is 1. The van der Waals surface area contributed by atoms with Gasteiger partial charge in [-0.05, 0) is 31.5 Å². The molecule has 0 radical (unpaired) electrons. The third kappa shape index (κ3) is 2.49. The topological polar surface area (TPSA) is 74.2 Å². The Hall–Kier alpha value is -1.62. The van der Waals surface area contributed by atoms with Gasteiger partial charge in [0.05, 0.1) is 6.04 Å². The van der Waals surface area contributed by atoms with Crippen LogP contribution in [0.25, 0.3) is 0 Å². The number of hydrogen-bond acceptors (Lipinski definition) is 4. The van der Waals surface area contributed by atoms with Crippen LogP contribution in [0.1, 0.15) is 19.3 Å². The molecule has 1 saturated heterocycles. The summed E-state index contributed by atoms with van der Waals surface area (Å²) in [7, 11) is 0. The van der Waals surface area contributed by atoms with E-state index in [1.54, 1.807) is 6.07 Å². The van der Waals surface area contributed by atoms with E-state index in [-0.39, 0.29) is 23.5 Å². The Labute approximate surface area is 93.9 Å². The lowest BCUT2D eigenvalue weighted by Crippen LogP contribution is -2.43. The molecule has 1 aromatic rings. The number of hydrogen-bond donors (Lipinski definition) is 3. The van der Waals surface area contributed by atoms with Crippen molar-refractivity contribution in [3.63, 3.8) is 0 Å². The largest absolute Gasteiger partial charge is 0.504 e. The van der Waals surface area contributed by atoms with Gasteiger partial charge in [0.15, 0.2) is 11.6 Å². The molecule has 16 heavy (non-hydrogen) atoms. The zero-order valence-corrected chi connectivity index (χ0v) is 8.94. The molecular weight excluding hydrogens is 206 g/mol. The molecule has 2 heterocycles. The summed E-state index contributed by atoms with van der Waals surface area (Å²) in [6.45, 7) is 0.867. The lowest BCUT2D eigenvalue weighted by molar-refractivity contribution is -0.118. The van der Waals surface area contributed by atoms with Crippen molar-refractivity contribution in [1.29, 1.82) is 0 Å². The zero-order valence-electron chi connectivity index (χ0n) is 8.94. The van der Waals surface area contributed by atoms with Crippen molar-refractivity contribution in [1.82, 2.24) is 10.3 Å². The van der Waals surface area contributed by atoms with E-state index in [0.29, 0.717) is 0 Å². The molecule has 0 aromatic carbocycles. The van der Waals surface area contributed by atoms with Crippen LogP contribution in [0.15, 0.2) is 18.3 Å². The predicted molar refractivity (Wildman–Crippen MR) is 60.2 cm³/mol. The number of piperidine rings is 1. The zero-order chi connectivity index (χ0) is 11.4. The van der Waals surface area contributed by atoms with Crippen molar-refractivity contribution >= 4 is 11.7 Å². The first-order valence-electron chi connectivity index (χ1n) is 5.45. The van der Waals surface area contributed by atoms with E-state index in [9.17, 15) is 9.90 Å². The molecule has 1 fully saturated rings. The average molecular weight is 221 g/mol. The van der Waals surface area contributed by atoms with E-state index >= 15 is 0 Å². The first kappa shape index (κ1) is 10.9. The van der Waals surface area contributed by atoms with Crippen molar-refractivity contribution in [2.45, 2.75) is 25.3 Å². The molecule has 0 spiro atoms. The molecule has 1 aliphatic rings. The van der Waals surface area contributed by atoms with Gasteiger partial charge in [-0.3, -0.25) is 4.79 Å². The monoisotopic (exact) mass is 221 g/mol. The van der Waals surface area contributed by atoms with Gasteiger partial charge >= 0.3 is 0 Å². The molecule has 1 aromatic heterocycles. The molecule has 1 aliphatic heterocycles. The van der Waals surface area contributed by atoms with Gasteiger partial charge in [0.25, 0.3) is 0 Å². The number of nitrogens with one attached hydrogen (secondary N) is 2. The van der Waals surface area contributed by atoms with E-state index in [4.69, 9.17) is 0 Å². The van der Waals surface area contributed by atoms with E-state index in [1.165, 1.54) is 12.3 Å². The highest BCUT2D eigenvalue weighted by Crippen LogP contribution is 2.19. The summed E-state index contributed by atoms with van der Waals surface area (Å²) in [5.74, 6) is 0.0835. The highest BCUT2D eigenvalue weighted by Gasteiger charge is 2.21. The van der Waals surface area contributed by atoms with Crippen molar-refractivity contribution in [2.24, 2.45) is 0 Å². The van der Waals surface area contributed by atoms with E-state index in [0.717, 1.165) is 25.8 Å². The van der Waals surface area contributed by atoms with Crippen LogP contribution < -0.4 is 10.6 Å². The molecule has 1 atom stereocenters. The summed E-state index contributed by atoms with van der Waals surface area (Å²) in [5.41, 5.74) is 0. The number of anilines is 1. The fourth-order valence-electron chi connectivity index (χ4n) is 1.77. The van der Waals surface area contributed by atoms with Crippen LogP contribution in [0.5, 0.6) is 5.75 Å². The molecule has 0 bridgehead atoms. The minimum Gasteiger partial charge on any atom is -0.504 e. The number of amides is 1. The van der Waals surface area contributed by atoms with Gasteiger partial charge in [0.2, 0.25) is 5.91 Å². The molecular formula is C11H15N3O2. The molecule has 2 rings (SSSR count). The normalized spacial score (nSPS) is 20.4. The molecule has 5 heteroatoms. The standard InChI is InChI=1S/C11H15N3O2/c15-9-5-3-7-13-10(9)14-11(16)8-4-1-2-6-12-8/h3,5,7-8,12,15H,1-2,4,6H2,(H,13,14,16). The maximum atomic E-state index is 11.8. The predicted octanol–water partition coefficient (Wildman–Crippen LogP) is 0.868. The molecule has 1 amide bonds. The number of aromatic hydroxyl groups is 1. The van der Waals surface area contributed by atoms with Gasteiger partial charge < -0.3 is 15.7 Å². The molecule has 5 nitrogen and oxygen atoms in total. The molecule has 86 valence electrons. The summed E-state index contributed by atoms with van der Waals surface area (Å²) in [4.78, 5) is 15.7. The minimum absolute atomic E-state index is 0.00772. The number of pyridine rings is 1. The highest BCUT2D eigenvalue weighted by molar-refractivity contribution is 5.95. The second kappa shape index (κ2) is 4.94. The first-order valence-corrected chi connectivity index (χ1v) is 5.45. The van der Waals surface area contributed by atoms with Crippen LogP contribution >= 0.6 is 0 Å². The van der Waals surface area contributed by atoms with Gasteiger partial charge in [-0.15, -0.1) is 0 Å². The number of carbonyl (C=O) groups is 1.